The summed E-state index contributed by atoms with van der Waals surface area (Å²) < 4.78 is 0. The van der Waals surface area contributed by atoms with Gasteiger partial charge in [-0.1, -0.05) is 29.8 Å². The third kappa shape index (κ3) is 4.25. The van der Waals surface area contributed by atoms with E-state index in [9.17, 15) is 14.9 Å². The Morgan fingerprint density at radius 1 is 1.17 bits per heavy atom. The van der Waals surface area contributed by atoms with Crippen LogP contribution in [0.15, 0.2) is 54.1 Å². The molecule has 0 saturated carbocycles. The molecule has 0 atom stereocenters. The van der Waals surface area contributed by atoms with Crippen molar-refractivity contribution in [3.8, 4) is 6.07 Å². The monoisotopic (exact) mass is 307 g/mol. The minimum absolute atomic E-state index is 0.0489. The Bertz CT molecular complexity index is 800. The fourth-order valence-electron chi connectivity index (χ4n) is 1.84. The van der Waals surface area contributed by atoms with Crippen molar-refractivity contribution in [3.05, 3.63) is 75.3 Å². The Labute approximate surface area is 132 Å². The third-order valence-corrected chi connectivity index (χ3v) is 3.09. The van der Waals surface area contributed by atoms with Crippen LogP contribution in [-0.2, 0) is 4.79 Å². The van der Waals surface area contributed by atoms with Crippen LogP contribution in [0.1, 0.15) is 11.1 Å². The molecule has 1 amide bonds. The van der Waals surface area contributed by atoms with Gasteiger partial charge in [0, 0.05) is 17.8 Å². The van der Waals surface area contributed by atoms with Crippen molar-refractivity contribution in [3.63, 3.8) is 0 Å². The lowest BCUT2D eigenvalue weighted by Crippen LogP contribution is -2.13. The van der Waals surface area contributed by atoms with E-state index in [2.05, 4.69) is 5.32 Å². The number of nitriles is 1. The molecule has 0 saturated heterocycles. The number of nitrogens with one attached hydrogen (secondary N) is 1. The molecule has 23 heavy (non-hydrogen) atoms. The number of carbonyl (C=O) groups excluding carboxylic acids is 1. The minimum atomic E-state index is -0.568. The molecule has 0 unspecified atom stereocenters. The van der Waals surface area contributed by atoms with E-state index >= 15 is 0 Å². The molecule has 2 rings (SSSR count). The fraction of sp³-hybridized carbons (Fsp3) is 0.0588. The zero-order valence-corrected chi connectivity index (χ0v) is 12.3. The van der Waals surface area contributed by atoms with Crippen molar-refractivity contribution in [1.82, 2.24) is 0 Å². The van der Waals surface area contributed by atoms with Crippen LogP contribution in [0.25, 0.3) is 6.08 Å². The molecule has 2 aromatic rings. The van der Waals surface area contributed by atoms with Crippen LogP contribution >= 0.6 is 0 Å². The van der Waals surface area contributed by atoms with Gasteiger partial charge >= 0.3 is 0 Å². The number of nitro groups is 1. The van der Waals surface area contributed by atoms with Crippen LogP contribution in [0.2, 0.25) is 0 Å². The zero-order valence-electron chi connectivity index (χ0n) is 12.3. The quantitative estimate of drug-likeness (QED) is 0.405. The lowest BCUT2D eigenvalue weighted by atomic mass is 10.1. The molecule has 0 aliphatic heterocycles. The number of nitrogens with zero attached hydrogens (tertiary/aromatic N) is 2. The Kier molecular flexibility index (Phi) is 4.85. The van der Waals surface area contributed by atoms with E-state index in [0.29, 0.717) is 5.69 Å². The van der Waals surface area contributed by atoms with E-state index in [1.54, 1.807) is 0 Å². The first-order chi connectivity index (χ1) is 11.0. The van der Waals surface area contributed by atoms with Crippen LogP contribution in [-0.4, -0.2) is 10.8 Å². The smallest absolute Gasteiger partial charge is 0.269 e. The van der Waals surface area contributed by atoms with Crippen LogP contribution in [0.3, 0.4) is 0 Å². The molecule has 0 aliphatic carbocycles. The van der Waals surface area contributed by atoms with Crippen LogP contribution in [0.4, 0.5) is 11.4 Å². The van der Waals surface area contributed by atoms with E-state index in [4.69, 9.17) is 5.26 Å². The Morgan fingerprint density at radius 2 is 1.78 bits per heavy atom. The van der Waals surface area contributed by atoms with Gasteiger partial charge in [0.25, 0.3) is 11.6 Å². The molecular formula is C17H13N3O3. The zero-order chi connectivity index (χ0) is 16.8. The number of aryl methyl sites for hydroxylation is 1. The van der Waals surface area contributed by atoms with Gasteiger partial charge in [-0.2, -0.15) is 5.26 Å². The number of hydrogen-bond donors (Lipinski definition) is 1. The summed E-state index contributed by atoms with van der Waals surface area (Å²) in [6.07, 6.45) is 1.49. The lowest BCUT2D eigenvalue weighted by Gasteiger charge is -2.04. The molecule has 2 aromatic carbocycles. The normalized spacial score (nSPS) is 10.7. The van der Waals surface area contributed by atoms with Gasteiger partial charge in [0.1, 0.15) is 11.6 Å². The molecule has 6 nitrogen and oxygen atoms in total. The highest BCUT2D eigenvalue weighted by molar-refractivity contribution is 6.09. The summed E-state index contributed by atoms with van der Waals surface area (Å²) in [7, 11) is 0. The molecule has 6 heteroatoms. The average Bonchev–Trinajstić information content (AvgIpc) is 2.54. The molecule has 0 fully saturated rings. The lowest BCUT2D eigenvalue weighted by molar-refractivity contribution is -0.384. The first-order valence-electron chi connectivity index (χ1n) is 6.74. The number of anilines is 1. The van der Waals surface area contributed by atoms with Gasteiger partial charge in [-0.05, 0) is 30.7 Å². The Balaban J connectivity index is 2.15. The first kappa shape index (κ1) is 15.9. The van der Waals surface area contributed by atoms with Crippen LogP contribution in [0, 0.1) is 28.4 Å². The number of hydrogen-bond acceptors (Lipinski definition) is 4. The molecule has 0 aromatic heterocycles. The molecule has 0 aliphatic rings. The van der Waals surface area contributed by atoms with E-state index in [-0.39, 0.29) is 11.3 Å². The van der Waals surface area contributed by atoms with Gasteiger partial charge in [-0.3, -0.25) is 14.9 Å². The summed E-state index contributed by atoms with van der Waals surface area (Å²) in [6.45, 7) is 1.94. The molecule has 0 heterocycles. The van der Waals surface area contributed by atoms with Gasteiger partial charge in [0.05, 0.1) is 4.92 Å². The predicted molar refractivity (Wildman–Crippen MR) is 86.5 cm³/mol. The summed E-state index contributed by atoms with van der Waals surface area (Å²) in [5.74, 6) is -0.568. The van der Waals surface area contributed by atoms with Crippen molar-refractivity contribution in [2.75, 3.05) is 5.32 Å². The number of carbonyl (C=O) groups is 1. The molecule has 0 spiro atoms. The molecule has 1 N–H and O–H groups in total. The fourth-order valence-corrected chi connectivity index (χ4v) is 1.84. The molecule has 114 valence electrons. The maximum Gasteiger partial charge on any atom is 0.269 e. The Hall–Kier alpha value is -3.46. The first-order valence-corrected chi connectivity index (χ1v) is 6.74. The van der Waals surface area contributed by atoms with E-state index in [1.807, 2.05) is 37.3 Å². The average molecular weight is 307 g/mol. The number of non-ortho nitro benzene ring substituents is 1. The SMILES string of the molecule is Cc1ccc(/C=C(/C#N)C(=O)Nc2ccc([N+](=O)[O-])cc2)cc1. The van der Waals surface area contributed by atoms with E-state index in [0.717, 1.165) is 11.1 Å². The number of nitro benzene ring substituents is 1. The predicted octanol–water partition coefficient (Wildman–Crippen LogP) is 3.45. The summed E-state index contributed by atoms with van der Waals surface area (Å²) in [5.41, 5.74) is 2.08. The van der Waals surface area contributed by atoms with Gasteiger partial charge in [0.15, 0.2) is 0 Å². The molecule has 0 bridgehead atoms. The van der Waals surface area contributed by atoms with E-state index < -0.39 is 10.8 Å². The van der Waals surface area contributed by atoms with Gasteiger partial charge in [-0.25, -0.2) is 0 Å². The topological polar surface area (TPSA) is 96.0 Å². The highest BCUT2D eigenvalue weighted by Crippen LogP contribution is 2.16. The second-order valence-electron chi connectivity index (χ2n) is 4.84. The minimum Gasteiger partial charge on any atom is -0.321 e. The maximum absolute atomic E-state index is 12.1. The molecule has 0 radical (unpaired) electrons. The number of amides is 1. The van der Waals surface area contributed by atoms with E-state index in [1.165, 1.54) is 30.3 Å². The molecular weight excluding hydrogens is 294 g/mol. The summed E-state index contributed by atoms with van der Waals surface area (Å²) in [6, 6.07) is 14.6. The van der Waals surface area contributed by atoms with Crippen molar-refractivity contribution in [2.45, 2.75) is 6.92 Å². The summed E-state index contributed by atoms with van der Waals surface area (Å²) in [5, 5.41) is 22.3. The van der Waals surface area contributed by atoms with Crippen molar-refractivity contribution in [2.24, 2.45) is 0 Å². The van der Waals surface area contributed by atoms with Gasteiger partial charge in [-0.15, -0.1) is 0 Å². The largest absolute Gasteiger partial charge is 0.321 e. The van der Waals surface area contributed by atoms with Gasteiger partial charge in [0.2, 0.25) is 0 Å². The van der Waals surface area contributed by atoms with Crippen molar-refractivity contribution >= 4 is 23.4 Å². The maximum atomic E-state index is 12.1. The van der Waals surface area contributed by atoms with Crippen molar-refractivity contribution < 1.29 is 9.72 Å². The number of rotatable bonds is 4. The highest BCUT2D eigenvalue weighted by Gasteiger charge is 2.11. The summed E-state index contributed by atoms with van der Waals surface area (Å²) in [4.78, 5) is 22.2. The van der Waals surface area contributed by atoms with Crippen LogP contribution < -0.4 is 5.32 Å². The second kappa shape index (κ2) is 7.00. The van der Waals surface area contributed by atoms with Crippen molar-refractivity contribution in [1.29, 1.82) is 5.26 Å². The second-order valence-corrected chi connectivity index (χ2v) is 4.84. The number of benzene rings is 2. The summed E-state index contributed by atoms with van der Waals surface area (Å²) >= 11 is 0. The van der Waals surface area contributed by atoms with Gasteiger partial charge < -0.3 is 5.32 Å². The standard InChI is InChI=1S/C17H13N3O3/c1-12-2-4-13(5-3-12)10-14(11-18)17(21)19-15-6-8-16(9-7-15)20(22)23/h2-10H,1H3,(H,19,21)/b14-10-. The van der Waals surface area contributed by atoms with Crippen LogP contribution in [0.5, 0.6) is 0 Å². The third-order valence-electron chi connectivity index (χ3n) is 3.09. The highest BCUT2D eigenvalue weighted by atomic mass is 16.6. The Morgan fingerprint density at radius 3 is 2.30 bits per heavy atom.